The van der Waals surface area contributed by atoms with Gasteiger partial charge in [0.25, 0.3) is 5.66 Å². The Kier molecular flexibility index (Phi) is 6.54. The van der Waals surface area contributed by atoms with Crippen molar-refractivity contribution in [3.8, 4) is 0 Å². The first kappa shape index (κ1) is 22.3. The first-order chi connectivity index (χ1) is 12.9. The highest BCUT2D eigenvalue weighted by Gasteiger charge is 2.39. The van der Waals surface area contributed by atoms with Crippen LogP contribution in [0.25, 0.3) is 4.85 Å². The number of hydrogen-bond donors (Lipinski definition) is 1. The van der Waals surface area contributed by atoms with E-state index in [1.807, 2.05) is 27.7 Å². The number of carbonyl (C=O) groups excluding carboxylic acids is 1. The van der Waals surface area contributed by atoms with Crippen LogP contribution in [0.1, 0.15) is 55.1 Å². The number of piperidine rings is 1. The molecule has 0 radical (unpaired) electrons. The molecule has 0 amide bonds. The second-order valence-electron chi connectivity index (χ2n) is 8.32. The topological polar surface area (TPSA) is 94.1 Å². The molecule has 0 bridgehead atoms. The van der Waals surface area contributed by atoms with E-state index in [1.54, 1.807) is 18.2 Å². The zero-order chi connectivity index (χ0) is 21.2. The third-order valence-electron chi connectivity index (χ3n) is 4.81. The van der Waals surface area contributed by atoms with Gasteiger partial charge >= 0.3 is 5.97 Å². The molecule has 7 nitrogen and oxygen atoms in total. The van der Waals surface area contributed by atoms with Crippen LogP contribution >= 0.6 is 0 Å². The summed E-state index contributed by atoms with van der Waals surface area (Å²) >= 11 is 0. The summed E-state index contributed by atoms with van der Waals surface area (Å²) in [6, 6.07) is 5.18. The van der Waals surface area contributed by atoms with Crippen molar-refractivity contribution in [3.63, 3.8) is 0 Å². The smallest absolute Gasteiger partial charge is 0.338 e. The Morgan fingerprint density at radius 1 is 1.32 bits per heavy atom. The number of nitrogens with zero attached hydrogens (tertiary/aromatic N) is 2. The molecule has 1 aliphatic rings. The average molecular weight is 408 g/mol. The quantitative estimate of drug-likeness (QED) is 0.598. The second kappa shape index (κ2) is 8.19. The maximum atomic E-state index is 12.6. The van der Waals surface area contributed by atoms with Gasteiger partial charge in [-0.25, -0.2) is 24.1 Å². The highest BCUT2D eigenvalue weighted by atomic mass is 32.2. The van der Waals surface area contributed by atoms with Crippen molar-refractivity contribution in [1.82, 2.24) is 4.31 Å². The van der Waals surface area contributed by atoms with Gasteiger partial charge in [0.1, 0.15) is 5.60 Å². The van der Waals surface area contributed by atoms with Crippen molar-refractivity contribution in [1.29, 1.82) is 0 Å². The minimum atomic E-state index is -3.42. The molecular formula is C20H29N3O4S. The Hall–Kier alpha value is -1.95. The van der Waals surface area contributed by atoms with Crippen LogP contribution < -0.4 is 5.73 Å². The molecule has 0 atom stereocenters. The van der Waals surface area contributed by atoms with Crippen LogP contribution in [-0.2, 0) is 21.2 Å². The number of carbonyl (C=O) groups is 1. The van der Waals surface area contributed by atoms with Gasteiger partial charge < -0.3 is 4.74 Å². The molecule has 0 aromatic heterocycles. The van der Waals surface area contributed by atoms with E-state index in [4.69, 9.17) is 17.0 Å². The molecule has 8 heteroatoms. The molecule has 1 fully saturated rings. The van der Waals surface area contributed by atoms with Crippen molar-refractivity contribution >= 4 is 16.0 Å². The van der Waals surface area contributed by atoms with Crippen LogP contribution in [0.5, 0.6) is 0 Å². The summed E-state index contributed by atoms with van der Waals surface area (Å²) in [7, 11) is -3.42. The molecule has 0 aliphatic carbocycles. The molecule has 1 saturated heterocycles. The number of ether oxygens (including phenoxy) is 1. The summed E-state index contributed by atoms with van der Waals surface area (Å²) in [5.41, 5.74) is 6.58. The lowest BCUT2D eigenvalue weighted by Gasteiger charge is -2.30. The Bertz CT molecular complexity index is 874. The first-order valence-electron chi connectivity index (χ1n) is 9.33. The maximum absolute atomic E-state index is 12.6. The molecule has 0 saturated carbocycles. The number of nitrogens with two attached hydrogens (primary N) is 1. The monoisotopic (exact) mass is 407 g/mol. The fourth-order valence-corrected chi connectivity index (χ4v) is 4.55. The van der Waals surface area contributed by atoms with Crippen LogP contribution in [0, 0.1) is 13.5 Å². The van der Waals surface area contributed by atoms with Crippen LogP contribution in [-0.4, -0.2) is 48.8 Å². The highest BCUT2D eigenvalue weighted by Crippen LogP contribution is 2.24. The van der Waals surface area contributed by atoms with Gasteiger partial charge in [0, 0.05) is 13.1 Å². The number of hydrogen-bond acceptors (Lipinski definition) is 5. The summed E-state index contributed by atoms with van der Waals surface area (Å²) in [5, 5.41) is 0. The summed E-state index contributed by atoms with van der Waals surface area (Å²) < 4.78 is 32.1. The van der Waals surface area contributed by atoms with Gasteiger partial charge in [-0.15, -0.1) is 0 Å². The van der Waals surface area contributed by atoms with Gasteiger partial charge in [-0.2, -0.15) is 0 Å². The average Bonchev–Trinajstić information content (AvgIpc) is 2.59. The van der Waals surface area contributed by atoms with E-state index in [1.165, 1.54) is 4.31 Å². The largest absolute Gasteiger partial charge is 0.456 e. The summed E-state index contributed by atoms with van der Waals surface area (Å²) in [6.45, 7) is 15.0. The van der Waals surface area contributed by atoms with Crippen LogP contribution in [0.15, 0.2) is 18.2 Å². The molecule has 2 N–H and O–H groups in total. The van der Waals surface area contributed by atoms with Crippen molar-refractivity contribution in [3.05, 3.63) is 46.3 Å². The number of sulfonamides is 1. The molecular weight excluding hydrogens is 378 g/mol. The van der Waals surface area contributed by atoms with E-state index in [-0.39, 0.29) is 18.8 Å². The van der Waals surface area contributed by atoms with Gasteiger partial charge in [0.05, 0.1) is 24.2 Å². The fraction of sp³-hybridized carbons (Fsp3) is 0.600. The van der Waals surface area contributed by atoms with E-state index < -0.39 is 27.3 Å². The summed E-state index contributed by atoms with van der Waals surface area (Å²) in [4.78, 5) is 15.6. The predicted molar refractivity (Wildman–Crippen MR) is 108 cm³/mol. The van der Waals surface area contributed by atoms with Gasteiger partial charge in [-0.3, -0.25) is 10.6 Å². The van der Waals surface area contributed by atoms with E-state index >= 15 is 0 Å². The first-order valence-corrected chi connectivity index (χ1v) is 10.9. The molecule has 2 rings (SSSR count). The normalized spacial score (nSPS) is 17.7. The molecule has 1 aliphatic heterocycles. The third-order valence-corrected chi connectivity index (χ3v) is 6.68. The SMILES string of the molecule is [C-]#[N+]C1(N)CCN(S(=O)(=O)CCc2ccc(C(=O)OC(C)(C)C)cc2C)CC1. The van der Waals surface area contributed by atoms with Gasteiger partial charge in [-0.1, -0.05) is 6.07 Å². The van der Waals surface area contributed by atoms with Gasteiger partial charge in [0.2, 0.25) is 10.0 Å². The standard InChI is InChI=1S/C20H29N3O4S/c1-15-14-17(18(24)27-19(2,3)4)7-6-16(15)8-13-28(25,26)23-11-9-20(21,22-5)10-12-23/h6-7,14H,8-13,21H2,1-4H3. The molecule has 154 valence electrons. The Labute approximate surface area is 167 Å². The van der Waals surface area contributed by atoms with E-state index in [9.17, 15) is 13.2 Å². The van der Waals surface area contributed by atoms with Crippen molar-refractivity contribution < 1.29 is 17.9 Å². The van der Waals surface area contributed by atoms with Crippen LogP contribution in [0.2, 0.25) is 0 Å². The molecule has 1 aromatic rings. The lowest BCUT2D eigenvalue weighted by Crippen LogP contribution is -2.50. The lowest BCUT2D eigenvalue weighted by molar-refractivity contribution is 0.00693. The molecule has 0 unspecified atom stereocenters. The number of rotatable bonds is 5. The Balaban J connectivity index is 2.01. The zero-order valence-corrected chi connectivity index (χ0v) is 17.8. The van der Waals surface area contributed by atoms with Crippen molar-refractivity contribution in [2.24, 2.45) is 5.73 Å². The maximum Gasteiger partial charge on any atom is 0.338 e. The van der Waals surface area contributed by atoms with Crippen LogP contribution in [0.3, 0.4) is 0 Å². The van der Waals surface area contributed by atoms with Gasteiger partial charge in [-0.05, 0) is 57.4 Å². The van der Waals surface area contributed by atoms with E-state index in [0.29, 0.717) is 24.8 Å². The Morgan fingerprint density at radius 3 is 2.43 bits per heavy atom. The number of esters is 1. The number of benzene rings is 1. The van der Waals surface area contributed by atoms with E-state index in [0.717, 1.165) is 11.1 Å². The summed E-state index contributed by atoms with van der Waals surface area (Å²) in [6.07, 6.45) is 1.05. The minimum Gasteiger partial charge on any atom is -0.456 e. The molecule has 1 heterocycles. The minimum absolute atomic E-state index is 0.0186. The van der Waals surface area contributed by atoms with Crippen molar-refractivity contribution in [2.75, 3.05) is 18.8 Å². The lowest BCUT2D eigenvalue weighted by atomic mass is 10.0. The fourth-order valence-electron chi connectivity index (χ4n) is 3.07. The summed E-state index contributed by atoms with van der Waals surface area (Å²) in [5.74, 6) is -0.414. The molecule has 28 heavy (non-hydrogen) atoms. The van der Waals surface area contributed by atoms with Crippen molar-refractivity contribution in [2.45, 2.75) is 58.2 Å². The second-order valence-corrected chi connectivity index (χ2v) is 10.4. The van der Waals surface area contributed by atoms with Gasteiger partial charge in [0.15, 0.2) is 0 Å². The van der Waals surface area contributed by atoms with E-state index in [2.05, 4.69) is 4.85 Å². The Morgan fingerprint density at radius 2 is 1.93 bits per heavy atom. The zero-order valence-electron chi connectivity index (χ0n) is 17.0. The predicted octanol–water partition coefficient (Wildman–Crippen LogP) is 2.49. The number of aryl methyl sites for hydroxylation is 2. The molecule has 0 spiro atoms. The third kappa shape index (κ3) is 5.77. The molecule has 1 aromatic carbocycles. The van der Waals surface area contributed by atoms with Crippen LogP contribution in [0.4, 0.5) is 0 Å². The highest BCUT2D eigenvalue weighted by molar-refractivity contribution is 7.89.